The van der Waals surface area contributed by atoms with Crippen LogP contribution in [-0.4, -0.2) is 41.0 Å². The number of aryl methyl sites for hydroxylation is 1. The Bertz CT molecular complexity index is 1060. The molecule has 2 aromatic heterocycles. The average Bonchev–Trinajstić information content (AvgIpc) is 2.83. The minimum Gasteiger partial charge on any atom is -0.493 e. The van der Waals surface area contributed by atoms with Gasteiger partial charge in [-0.05, 0) is 74.6 Å². The molecule has 32 heavy (non-hydrogen) atoms. The molecule has 0 aliphatic carbocycles. The zero-order chi connectivity index (χ0) is 22.3. The molecule has 0 bridgehead atoms. The molecule has 1 fully saturated rings. The number of aromatic nitrogens is 2. The number of ether oxygens (including phenoxy) is 2. The molecule has 0 N–H and O–H groups in total. The first kappa shape index (κ1) is 21.8. The predicted octanol–water partition coefficient (Wildman–Crippen LogP) is 4.47. The van der Waals surface area contributed by atoms with E-state index in [-0.39, 0.29) is 5.91 Å². The molecule has 1 atom stereocenters. The SMILES string of the molecule is COc1cc(C(=O)N2CCCC(Cc3cccc(C)n3)C2)ccc1OCc1ccccn1. The van der Waals surface area contributed by atoms with Gasteiger partial charge in [-0.1, -0.05) is 12.1 Å². The van der Waals surface area contributed by atoms with Gasteiger partial charge >= 0.3 is 0 Å². The van der Waals surface area contributed by atoms with Crippen LogP contribution in [0.3, 0.4) is 0 Å². The lowest BCUT2D eigenvalue weighted by atomic mass is 9.92. The number of carbonyl (C=O) groups excluding carboxylic acids is 1. The second kappa shape index (κ2) is 10.3. The highest BCUT2D eigenvalue weighted by Gasteiger charge is 2.25. The van der Waals surface area contributed by atoms with E-state index in [4.69, 9.17) is 9.47 Å². The second-order valence-electron chi connectivity index (χ2n) is 8.21. The van der Waals surface area contributed by atoms with E-state index in [2.05, 4.69) is 16.0 Å². The van der Waals surface area contributed by atoms with Gasteiger partial charge in [0.2, 0.25) is 0 Å². The van der Waals surface area contributed by atoms with E-state index in [1.807, 2.05) is 48.2 Å². The predicted molar refractivity (Wildman–Crippen MR) is 123 cm³/mol. The lowest BCUT2D eigenvalue weighted by Gasteiger charge is -2.33. The van der Waals surface area contributed by atoms with Crippen LogP contribution in [0.5, 0.6) is 11.5 Å². The number of pyridine rings is 2. The van der Waals surface area contributed by atoms with Crippen LogP contribution in [0.25, 0.3) is 0 Å². The van der Waals surface area contributed by atoms with Gasteiger partial charge in [-0.15, -0.1) is 0 Å². The van der Waals surface area contributed by atoms with Crippen molar-refractivity contribution in [3.63, 3.8) is 0 Å². The van der Waals surface area contributed by atoms with Crippen LogP contribution in [0.4, 0.5) is 0 Å². The van der Waals surface area contributed by atoms with E-state index in [1.165, 1.54) is 0 Å². The molecular formula is C26H29N3O3. The highest BCUT2D eigenvalue weighted by molar-refractivity contribution is 5.95. The molecule has 3 heterocycles. The first-order valence-electron chi connectivity index (χ1n) is 11.0. The Balaban J connectivity index is 1.41. The van der Waals surface area contributed by atoms with Gasteiger partial charge in [0.05, 0.1) is 12.8 Å². The molecule has 1 amide bonds. The number of nitrogens with zero attached hydrogens (tertiary/aromatic N) is 3. The van der Waals surface area contributed by atoms with E-state index in [0.717, 1.165) is 49.4 Å². The molecule has 0 spiro atoms. The minimum atomic E-state index is 0.0291. The summed E-state index contributed by atoms with van der Waals surface area (Å²) in [4.78, 5) is 24.1. The topological polar surface area (TPSA) is 64.5 Å². The van der Waals surface area contributed by atoms with Crippen molar-refractivity contribution in [3.8, 4) is 11.5 Å². The number of carbonyl (C=O) groups is 1. The largest absolute Gasteiger partial charge is 0.493 e. The summed E-state index contributed by atoms with van der Waals surface area (Å²) in [7, 11) is 1.59. The summed E-state index contributed by atoms with van der Waals surface area (Å²) in [6.07, 6.45) is 4.75. The van der Waals surface area contributed by atoms with Gasteiger partial charge in [-0.25, -0.2) is 0 Å². The van der Waals surface area contributed by atoms with Gasteiger partial charge in [0.15, 0.2) is 11.5 Å². The second-order valence-corrected chi connectivity index (χ2v) is 8.21. The number of methoxy groups -OCH3 is 1. The zero-order valence-electron chi connectivity index (χ0n) is 18.7. The Morgan fingerprint density at radius 1 is 1.09 bits per heavy atom. The molecule has 166 valence electrons. The standard InChI is InChI=1S/C26H29N3O3/c1-19-7-5-10-22(28-19)15-20-8-6-14-29(17-20)26(30)21-11-12-24(25(16-21)31-2)32-18-23-9-3-4-13-27-23/h3-5,7,9-13,16,20H,6,8,14-15,17-18H2,1-2H3. The fourth-order valence-electron chi connectivity index (χ4n) is 4.16. The molecule has 4 rings (SSSR count). The number of hydrogen-bond acceptors (Lipinski definition) is 5. The van der Waals surface area contributed by atoms with Gasteiger partial charge in [-0.3, -0.25) is 14.8 Å². The van der Waals surface area contributed by atoms with Gasteiger partial charge in [-0.2, -0.15) is 0 Å². The number of piperidine rings is 1. The van der Waals surface area contributed by atoms with Crippen molar-refractivity contribution >= 4 is 5.91 Å². The maximum atomic E-state index is 13.2. The first-order chi connectivity index (χ1) is 15.6. The van der Waals surface area contributed by atoms with Gasteiger partial charge < -0.3 is 14.4 Å². The minimum absolute atomic E-state index is 0.0291. The Morgan fingerprint density at radius 3 is 2.75 bits per heavy atom. The Hall–Kier alpha value is -3.41. The fraction of sp³-hybridized carbons (Fsp3) is 0.346. The highest BCUT2D eigenvalue weighted by Crippen LogP contribution is 2.30. The number of benzene rings is 1. The Kier molecular flexibility index (Phi) is 7.00. The molecule has 3 aromatic rings. The number of likely N-dealkylation sites (tertiary alicyclic amines) is 1. The van der Waals surface area contributed by atoms with Crippen molar-refractivity contribution in [1.82, 2.24) is 14.9 Å². The van der Waals surface area contributed by atoms with Gasteiger partial charge in [0, 0.05) is 36.2 Å². The third-order valence-corrected chi connectivity index (χ3v) is 5.76. The summed E-state index contributed by atoms with van der Waals surface area (Å²) < 4.78 is 11.4. The summed E-state index contributed by atoms with van der Waals surface area (Å²) in [5.74, 6) is 1.59. The highest BCUT2D eigenvalue weighted by atomic mass is 16.5. The van der Waals surface area contributed by atoms with Crippen molar-refractivity contribution in [2.75, 3.05) is 20.2 Å². The maximum Gasteiger partial charge on any atom is 0.254 e. The summed E-state index contributed by atoms with van der Waals surface area (Å²) >= 11 is 0. The maximum absolute atomic E-state index is 13.2. The summed E-state index contributed by atoms with van der Waals surface area (Å²) in [5, 5.41) is 0. The fourth-order valence-corrected chi connectivity index (χ4v) is 4.16. The molecule has 1 aliphatic rings. The quantitative estimate of drug-likeness (QED) is 0.552. The molecule has 6 heteroatoms. The van der Waals surface area contributed by atoms with Crippen LogP contribution >= 0.6 is 0 Å². The zero-order valence-corrected chi connectivity index (χ0v) is 18.7. The number of rotatable bonds is 7. The van der Waals surface area contributed by atoms with E-state index in [1.54, 1.807) is 25.4 Å². The van der Waals surface area contributed by atoms with E-state index in [9.17, 15) is 4.79 Å². The van der Waals surface area contributed by atoms with Crippen molar-refractivity contribution in [2.45, 2.75) is 32.8 Å². The summed E-state index contributed by atoms with van der Waals surface area (Å²) in [5.41, 5.74) is 3.57. The van der Waals surface area contributed by atoms with E-state index < -0.39 is 0 Å². The van der Waals surface area contributed by atoms with Crippen molar-refractivity contribution in [2.24, 2.45) is 5.92 Å². The summed E-state index contributed by atoms with van der Waals surface area (Å²) in [6, 6.07) is 17.2. The first-order valence-corrected chi connectivity index (χ1v) is 11.0. The van der Waals surface area contributed by atoms with Crippen molar-refractivity contribution < 1.29 is 14.3 Å². The lowest BCUT2D eigenvalue weighted by molar-refractivity contribution is 0.0672. The molecule has 0 saturated carbocycles. The Morgan fingerprint density at radius 2 is 1.97 bits per heavy atom. The molecule has 1 aromatic carbocycles. The van der Waals surface area contributed by atoms with Crippen molar-refractivity contribution in [3.05, 3.63) is 83.4 Å². The monoisotopic (exact) mass is 431 g/mol. The smallest absolute Gasteiger partial charge is 0.254 e. The van der Waals surface area contributed by atoms with E-state index >= 15 is 0 Å². The average molecular weight is 432 g/mol. The number of hydrogen-bond donors (Lipinski definition) is 0. The molecule has 1 unspecified atom stereocenters. The van der Waals surface area contributed by atoms with Crippen LogP contribution in [0, 0.1) is 12.8 Å². The molecule has 1 aliphatic heterocycles. The molecule has 6 nitrogen and oxygen atoms in total. The van der Waals surface area contributed by atoms with Crippen LogP contribution in [-0.2, 0) is 13.0 Å². The molecular weight excluding hydrogens is 402 g/mol. The lowest BCUT2D eigenvalue weighted by Crippen LogP contribution is -2.40. The van der Waals surface area contributed by atoms with Crippen LogP contribution < -0.4 is 9.47 Å². The van der Waals surface area contributed by atoms with Gasteiger partial charge in [0.25, 0.3) is 5.91 Å². The molecule has 1 saturated heterocycles. The third-order valence-electron chi connectivity index (χ3n) is 5.76. The van der Waals surface area contributed by atoms with Crippen molar-refractivity contribution in [1.29, 1.82) is 0 Å². The Labute approximate surface area is 189 Å². The molecule has 0 radical (unpaired) electrons. The van der Waals surface area contributed by atoms with Crippen LogP contribution in [0.1, 0.15) is 40.3 Å². The van der Waals surface area contributed by atoms with Gasteiger partial charge in [0.1, 0.15) is 6.61 Å². The summed E-state index contributed by atoms with van der Waals surface area (Å²) in [6.45, 7) is 3.87. The van der Waals surface area contributed by atoms with Crippen LogP contribution in [0.2, 0.25) is 0 Å². The normalized spacial score (nSPS) is 15.9. The third kappa shape index (κ3) is 5.44. The van der Waals surface area contributed by atoms with E-state index in [0.29, 0.717) is 29.6 Å². The number of amides is 1. The van der Waals surface area contributed by atoms with Crippen LogP contribution in [0.15, 0.2) is 60.8 Å².